The van der Waals surface area contributed by atoms with Gasteiger partial charge < -0.3 is 14.6 Å². The van der Waals surface area contributed by atoms with E-state index >= 15 is 0 Å². The van der Waals surface area contributed by atoms with Crippen molar-refractivity contribution in [3.05, 3.63) is 47.9 Å². The Balaban J connectivity index is 2.05. The van der Waals surface area contributed by atoms with Crippen LogP contribution in [0.4, 0.5) is 0 Å². The quantitative estimate of drug-likeness (QED) is 0.783. The summed E-state index contributed by atoms with van der Waals surface area (Å²) in [4.78, 5) is 34.8. The van der Waals surface area contributed by atoms with Gasteiger partial charge in [-0.25, -0.2) is 4.98 Å². The van der Waals surface area contributed by atoms with E-state index in [9.17, 15) is 9.59 Å². The number of hydrogen-bond acceptors (Lipinski definition) is 5. The number of nitrogens with one attached hydrogen (secondary N) is 1. The zero-order chi connectivity index (χ0) is 19.1. The highest BCUT2D eigenvalue weighted by molar-refractivity contribution is 5.92. The average molecular weight is 358 g/mol. The number of aryl methyl sites for hydroxylation is 1. The molecule has 2 rings (SSSR count). The Hall–Kier alpha value is -2.70. The van der Waals surface area contributed by atoms with Crippen LogP contribution in [0.3, 0.4) is 0 Å². The molecule has 2 aromatic heterocycles. The fourth-order valence-corrected chi connectivity index (χ4v) is 2.24. The molecule has 1 atom stereocenters. The van der Waals surface area contributed by atoms with E-state index in [0.717, 1.165) is 5.69 Å². The van der Waals surface area contributed by atoms with Gasteiger partial charge in [-0.3, -0.25) is 14.6 Å². The van der Waals surface area contributed by atoms with Crippen LogP contribution >= 0.6 is 0 Å². The Morgan fingerprint density at radius 3 is 2.58 bits per heavy atom. The zero-order valence-corrected chi connectivity index (χ0v) is 15.7. The van der Waals surface area contributed by atoms with Crippen LogP contribution in [-0.2, 0) is 11.3 Å². The molecule has 0 saturated carbocycles. The summed E-state index contributed by atoms with van der Waals surface area (Å²) in [5.74, 6) is 0.633. The number of amides is 2. The number of hydrogen-bond donors (Lipinski definition) is 1. The van der Waals surface area contributed by atoms with Crippen LogP contribution in [0.25, 0.3) is 0 Å². The maximum atomic E-state index is 12.8. The lowest BCUT2D eigenvalue weighted by molar-refractivity contribution is -0.122. The van der Waals surface area contributed by atoms with Gasteiger partial charge in [0.1, 0.15) is 11.5 Å². The van der Waals surface area contributed by atoms with Gasteiger partial charge in [-0.05, 0) is 31.9 Å². The summed E-state index contributed by atoms with van der Waals surface area (Å²) in [6, 6.07) is 3.64. The normalized spacial score (nSPS) is 12.0. The van der Waals surface area contributed by atoms with E-state index in [1.54, 1.807) is 29.5 Å². The smallest absolute Gasteiger partial charge is 0.274 e. The Morgan fingerprint density at radius 2 is 2.00 bits per heavy atom. The van der Waals surface area contributed by atoms with Crippen molar-refractivity contribution in [1.29, 1.82) is 0 Å². The van der Waals surface area contributed by atoms with Gasteiger partial charge in [0.05, 0.1) is 24.7 Å². The molecule has 140 valence electrons. The summed E-state index contributed by atoms with van der Waals surface area (Å²) in [6.45, 7) is 8.42. The predicted molar refractivity (Wildman–Crippen MR) is 97.3 cm³/mol. The SMILES string of the molecule is Cc1cnc(C(=O)N(CCC(=O)NC(C)C(C)C)Cc2ccco2)cn1. The van der Waals surface area contributed by atoms with E-state index in [1.165, 1.54) is 6.20 Å². The molecule has 0 saturated heterocycles. The number of furan rings is 1. The van der Waals surface area contributed by atoms with Gasteiger partial charge in [-0.1, -0.05) is 13.8 Å². The summed E-state index contributed by atoms with van der Waals surface area (Å²) in [5.41, 5.74) is 0.985. The highest BCUT2D eigenvalue weighted by Crippen LogP contribution is 2.10. The molecule has 2 aromatic rings. The van der Waals surface area contributed by atoms with Gasteiger partial charge >= 0.3 is 0 Å². The fourth-order valence-electron chi connectivity index (χ4n) is 2.24. The monoisotopic (exact) mass is 358 g/mol. The van der Waals surface area contributed by atoms with Crippen molar-refractivity contribution in [2.24, 2.45) is 5.92 Å². The summed E-state index contributed by atoms with van der Waals surface area (Å²) in [5, 5.41) is 2.95. The maximum absolute atomic E-state index is 12.8. The molecule has 0 radical (unpaired) electrons. The lowest BCUT2D eigenvalue weighted by Gasteiger charge is -2.22. The first-order valence-electron chi connectivity index (χ1n) is 8.76. The minimum Gasteiger partial charge on any atom is -0.467 e. The fraction of sp³-hybridized carbons (Fsp3) is 0.474. The minimum atomic E-state index is -0.279. The van der Waals surface area contributed by atoms with Crippen molar-refractivity contribution in [3.63, 3.8) is 0 Å². The lowest BCUT2D eigenvalue weighted by atomic mass is 10.1. The van der Waals surface area contributed by atoms with Gasteiger partial charge in [0.2, 0.25) is 5.91 Å². The van der Waals surface area contributed by atoms with Gasteiger partial charge in [-0.15, -0.1) is 0 Å². The molecule has 1 N–H and O–H groups in total. The molecule has 0 aliphatic heterocycles. The average Bonchev–Trinajstić information content (AvgIpc) is 3.11. The van der Waals surface area contributed by atoms with E-state index in [0.29, 0.717) is 11.7 Å². The number of aromatic nitrogens is 2. The first kappa shape index (κ1) is 19.6. The van der Waals surface area contributed by atoms with E-state index in [2.05, 4.69) is 15.3 Å². The molecule has 7 nitrogen and oxygen atoms in total. The molecule has 2 amide bonds. The largest absolute Gasteiger partial charge is 0.467 e. The number of carbonyl (C=O) groups excluding carboxylic acids is 2. The van der Waals surface area contributed by atoms with Crippen molar-refractivity contribution in [1.82, 2.24) is 20.2 Å². The van der Waals surface area contributed by atoms with Crippen LogP contribution in [0.15, 0.2) is 35.2 Å². The Labute approximate surface area is 153 Å². The molecule has 0 aliphatic carbocycles. The molecule has 7 heteroatoms. The summed E-state index contributed by atoms with van der Waals surface area (Å²) in [6.07, 6.45) is 4.77. The summed E-state index contributed by atoms with van der Waals surface area (Å²) >= 11 is 0. The minimum absolute atomic E-state index is 0.0830. The third kappa shape index (κ3) is 5.68. The van der Waals surface area contributed by atoms with Gasteiger partial charge in [-0.2, -0.15) is 0 Å². The summed E-state index contributed by atoms with van der Waals surface area (Å²) < 4.78 is 5.34. The van der Waals surface area contributed by atoms with Crippen molar-refractivity contribution in [2.45, 2.75) is 46.7 Å². The Morgan fingerprint density at radius 1 is 1.23 bits per heavy atom. The van der Waals surface area contributed by atoms with Crippen molar-refractivity contribution in [2.75, 3.05) is 6.54 Å². The molecule has 0 fully saturated rings. The molecular weight excluding hydrogens is 332 g/mol. The standard InChI is InChI=1S/C19H26N4O3/c1-13(2)15(4)22-18(24)7-8-23(12-16-6-5-9-26-16)19(25)17-11-20-14(3)10-21-17/h5-6,9-11,13,15H,7-8,12H2,1-4H3,(H,22,24). The van der Waals surface area contributed by atoms with E-state index in [4.69, 9.17) is 4.42 Å². The van der Waals surface area contributed by atoms with Gasteiger partial charge in [0.25, 0.3) is 5.91 Å². The van der Waals surface area contributed by atoms with Gasteiger partial charge in [0, 0.05) is 25.2 Å². The number of carbonyl (C=O) groups is 2. The van der Waals surface area contributed by atoms with E-state index in [1.807, 2.05) is 27.7 Å². The second kappa shape index (κ2) is 9.12. The highest BCUT2D eigenvalue weighted by atomic mass is 16.3. The second-order valence-corrected chi connectivity index (χ2v) is 6.70. The first-order valence-corrected chi connectivity index (χ1v) is 8.76. The molecule has 0 spiro atoms. The van der Waals surface area contributed by atoms with Crippen molar-refractivity contribution in [3.8, 4) is 0 Å². The lowest BCUT2D eigenvalue weighted by Crippen LogP contribution is -2.39. The Bertz CT molecular complexity index is 711. The van der Waals surface area contributed by atoms with Crippen LogP contribution in [0.2, 0.25) is 0 Å². The highest BCUT2D eigenvalue weighted by Gasteiger charge is 2.20. The summed E-state index contributed by atoms with van der Waals surface area (Å²) in [7, 11) is 0. The molecule has 0 bridgehead atoms. The predicted octanol–water partition coefficient (Wildman–Crippen LogP) is 2.57. The third-order valence-corrected chi connectivity index (χ3v) is 4.21. The van der Waals surface area contributed by atoms with Gasteiger partial charge in [0.15, 0.2) is 0 Å². The molecule has 2 heterocycles. The van der Waals surface area contributed by atoms with Crippen molar-refractivity contribution < 1.29 is 14.0 Å². The topological polar surface area (TPSA) is 88.3 Å². The van der Waals surface area contributed by atoms with Crippen molar-refractivity contribution >= 4 is 11.8 Å². The molecule has 0 aromatic carbocycles. The molecule has 1 unspecified atom stereocenters. The van der Waals surface area contributed by atoms with Crippen LogP contribution in [0.1, 0.15) is 49.1 Å². The number of nitrogens with zero attached hydrogens (tertiary/aromatic N) is 3. The first-order chi connectivity index (χ1) is 12.4. The number of rotatable bonds is 8. The molecule has 26 heavy (non-hydrogen) atoms. The molecular formula is C19H26N4O3. The van der Waals surface area contributed by atoms with Crippen LogP contribution < -0.4 is 5.32 Å². The van der Waals surface area contributed by atoms with E-state index < -0.39 is 0 Å². The maximum Gasteiger partial charge on any atom is 0.274 e. The van der Waals surface area contributed by atoms with Crippen LogP contribution in [-0.4, -0.2) is 39.3 Å². The Kier molecular flexibility index (Phi) is 6.89. The molecule has 0 aliphatic rings. The second-order valence-electron chi connectivity index (χ2n) is 6.70. The van der Waals surface area contributed by atoms with Crippen LogP contribution in [0.5, 0.6) is 0 Å². The third-order valence-electron chi connectivity index (χ3n) is 4.21. The van der Waals surface area contributed by atoms with E-state index in [-0.39, 0.29) is 43.1 Å². The zero-order valence-electron chi connectivity index (χ0n) is 15.7. The van der Waals surface area contributed by atoms with Crippen LogP contribution in [0, 0.1) is 12.8 Å².